The quantitative estimate of drug-likeness (QED) is 0.345. The van der Waals surface area contributed by atoms with E-state index in [2.05, 4.69) is 41.5 Å². The molecule has 0 heterocycles. The molecule has 2 fully saturated rings. The van der Waals surface area contributed by atoms with Gasteiger partial charge in [-0.25, -0.2) is 4.79 Å². The second-order valence-electron chi connectivity index (χ2n) is 13.3. The number of fused-ring (bicyclic) bond motifs is 4. The van der Waals surface area contributed by atoms with Crippen LogP contribution in [0, 0.1) is 39.4 Å². The first-order valence-electron chi connectivity index (χ1n) is 13.6. The highest BCUT2D eigenvalue weighted by molar-refractivity contribution is 5.86. The van der Waals surface area contributed by atoms with Gasteiger partial charge in [0.1, 0.15) is 5.78 Å². The van der Waals surface area contributed by atoms with Crippen LogP contribution in [0.2, 0.25) is 0 Å². The Morgan fingerprint density at radius 3 is 2.41 bits per heavy atom. The summed E-state index contributed by atoms with van der Waals surface area (Å²) in [5.74, 6) is 0.787. The number of aliphatic hydroxyl groups is 1. The summed E-state index contributed by atoms with van der Waals surface area (Å²) in [5.41, 5.74) is 3.07. The molecule has 0 aromatic carbocycles. The minimum atomic E-state index is -0.841. The van der Waals surface area contributed by atoms with E-state index in [1.807, 2.05) is 6.08 Å². The van der Waals surface area contributed by atoms with Crippen molar-refractivity contribution in [3.05, 3.63) is 22.8 Å². The van der Waals surface area contributed by atoms with Crippen molar-refractivity contribution in [1.29, 1.82) is 0 Å². The molecule has 0 radical (unpaired) electrons. The van der Waals surface area contributed by atoms with Crippen LogP contribution in [0.5, 0.6) is 0 Å². The number of hydrogen-bond donors (Lipinski definition) is 2. The summed E-state index contributed by atoms with van der Waals surface area (Å²) in [7, 11) is 0. The van der Waals surface area contributed by atoms with Gasteiger partial charge >= 0.3 is 5.97 Å². The monoisotopic (exact) mass is 470 g/mol. The summed E-state index contributed by atoms with van der Waals surface area (Å²) >= 11 is 0. The maximum Gasteiger partial charge on any atom is 0.330 e. The second kappa shape index (κ2) is 8.32. The third kappa shape index (κ3) is 3.41. The number of hydrogen-bond acceptors (Lipinski definition) is 3. The molecule has 0 bridgehead atoms. The molecule has 2 saturated carbocycles. The van der Waals surface area contributed by atoms with Crippen molar-refractivity contribution in [2.24, 2.45) is 39.4 Å². The van der Waals surface area contributed by atoms with E-state index in [9.17, 15) is 14.7 Å². The summed E-state index contributed by atoms with van der Waals surface area (Å²) in [5, 5.41) is 21.0. The van der Waals surface area contributed by atoms with Gasteiger partial charge in [0.25, 0.3) is 0 Å². The molecule has 4 nitrogen and oxygen atoms in total. The molecule has 4 aliphatic carbocycles. The number of rotatable bonds is 5. The Bertz CT molecular complexity index is 941. The molecular formula is C30H46O4. The van der Waals surface area contributed by atoms with E-state index in [4.69, 9.17) is 5.11 Å². The summed E-state index contributed by atoms with van der Waals surface area (Å²) in [6, 6.07) is 0. The number of carboxylic acid groups (broad SMARTS) is 1. The lowest BCUT2D eigenvalue weighted by Gasteiger charge is -2.62. The number of ketones is 1. The summed E-state index contributed by atoms with van der Waals surface area (Å²) in [4.78, 5) is 24.0. The Balaban J connectivity index is 1.66. The van der Waals surface area contributed by atoms with E-state index in [0.29, 0.717) is 35.5 Å². The zero-order valence-electron chi connectivity index (χ0n) is 22.5. The highest BCUT2D eigenvalue weighted by Gasteiger charge is 2.66. The first-order valence-corrected chi connectivity index (χ1v) is 13.6. The average Bonchev–Trinajstić information content (AvgIpc) is 3.05. The molecule has 0 aliphatic heterocycles. The van der Waals surface area contributed by atoms with Gasteiger partial charge < -0.3 is 10.2 Å². The first-order chi connectivity index (χ1) is 15.7. The second-order valence-corrected chi connectivity index (χ2v) is 13.3. The van der Waals surface area contributed by atoms with Crippen LogP contribution < -0.4 is 0 Å². The Hall–Kier alpha value is -1.42. The molecule has 34 heavy (non-hydrogen) atoms. The maximum atomic E-state index is 12.8. The number of aliphatic carboxylic acids is 1. The molecule has 2 N–H and O–H groups in total. The van der Waals surface area contributed by atoms with Gasteiger partial charge in [-0.05, 0) is 86.9 Å². The van der Waals surface area contributed by atoms with Gasteiger partial charge in [-0.3, -0.25) is 4.79 Å². The first kappa shape index (κ1) is 25.7. The molecule has 4 heteroatoms. The number of carboxylic acids is 1. The molecule has 0 aromatic rings. The SMILES string of the molecule is C/C(=C/CC[C@@H](C)[C@H]1CC[C@@]2(C)C3=C(C[C@H](O)[C@]12C)[C@@]1(C)CCC(=O)C(C)(C)C1CC3)C(=O)O. The Kier molecular flexibility index (Phi) is 6.28. The number of aliphatic hydroxyl groups excluding tert-OH is 1. The normalized spacial score (nSPS) is 42.6. The predicted molar refractivity (Wildman–Crippen MR) is 135 cm³/mol. The fourth-order valence-corrected chi connectivity index (χ4v) is 9.30. The van der Waals surface area contributed by atoms with Crippen LogP contribution in [0.3, 0.4) is 0 Å². The van der Waals surface area contributed by atoms with Crippen LogP contribution in [0.4, 0.5) is 0 Å². The van der Waals surface area contributed by atoms with Crippen molar-refractivity contribution in [3.8, 4) is 0 Å². The lowest BCUT2D eigenvalue weighted by atomic mass is 9.43. The van der Waals surface area contributed by atoms with Crippen molar-refractivity contribution < 1.29 is 19.8 Å². The van der Waals surface area contributed by atoms with Gasteiger partial charge in [0.2, 0.25) is 0 Å². The molecule has 1 unspecified atom stereocenters. The van der Waals surface area contributed by atoms with Crippen LogP contribution in [-0.4, -0.2) is 28.1 Å². The molecule has 7 atom stereocenters. The third-order valence-electron chi connectivity index (χ3n) is 11.7. The zero-order valence-corrected chi connectivity index (χ0v) is 22.5. The number of Topliss-reactive ketones (excluding diaryl/α,β-unsaturated/α-hetero) is 1. The largest absolute Gasteiger partial charge is 0.478 e. The van der Waals surface area contributed by atoms with Gasteiger partial charge in [-0.15, -0.1) is 0 Å². The van der Waals surface area contributed by atoms with E-state index >= 15 is 0 Å². The zero-order chi connectivity index (χ0) is 25.3. The van der Waals surface area contributed by atoms with Gasteiger partial charge in [0.15, 0.2) is 0 Å². The smallest absolute Gasteiger partial charge is 0.330 e. The summed E-state index contributed by atoms with van der Waals surface area (Å²) in [6.45, 7) is 15.4. The van der Waals surface area contributed by atoms with E-state index < -0.39 is 5.97 Å². The minimum Gasteiger partial charge on any atom is -0.478 e. The van der Waals surface area contributed by atoms with Crippen molar-refractivity contribution in [3.63, 3.8) is 0 Å². The fraction of sp³-hybridized carbons (Fsp3) is 0.800. The van der Waals surface area contributed by atoms with Crippen LogP contribution in [0.15, 0.2) is 22.8 Å². The van der Waals surface area contributed by atoms with Crippen molar-refractivity contribution in [1.82, 2.24) is 0 Å². The molecule has 4 aliphatic rings. The fourth-order valence-electron chi connectivity index (χ4n) is 9.30. The molecular weight excluding hydrogens is 424 g/mol. The number of carbonyl (C=O) groups is 2. The minimum absolute atomic E-state index is 0.00861. The molecule has 0 amide bonds. The van der Waals surface area contributed by atoms with E-state index in [-0.39, 0.29) is 27.8 Å². The third-order valence-corrected chi connectivity index (χ3v) is 11.7. The Morgan fingerprint density at radius 1 is 1.09 bits per heavy atom. The lowest BCUT2D eigenvalue weighted by Crippen LogP contribution is -2.57. The lowest BCUT2D eigenvalue weighted by molar-refractivity contribution is -0.141. The van der Waals surface area contributed by atoms with Crippen LogP contribution in [0.1, 0.15) is 106 Å². The van der Waals surface area contributed by atoms with Gasteiger partial charge in [-0.1, -0.05) is 58.8 Å². The summed E-state index contributed by atoms with van der Waals surface area (Å²) in [6.07, 6.45) is 9.90. The molecule has 0 spiro atoms. The van der Waals surface area contributed by atoms with Crippen molar-refractivity contribution in [2.75, 3.05) is 0 Å². The highest BCUT2D eigenvalue weighted by Crippen LogP contribution is 2.72. The molecule has 0 saturated heterocycles. The van der Waals surface area contributed by atoms with Gasteiger partial charge in [0.05, 0.1) is 6.10 Å². The molecule has 4 rings (SSSR count). The van der Waals surface area contributed by atoms with Gasteiger partial charge in [-0.2, -0.15) is 0 Å². The molecule has 0 aromatic heterocycles. The topological polar surface area (TPSA) is 74.6 Å². The standard InChI is InChI=1S/C30H46O4/c1-18(9-8-10-19(2)26(33)34)20-13-16-29(6)21-11-12-23-27(3,4)24(31)14-15-28(23,5)22(21)17-25(32)30(20,29)7/h10,18,20,23,25,32H,8-9,11-17H2,1-7H3,(H,33,34)/b19-10-/t18-,20-,23?,25+,28-,29+,30+/m1/s1. The van der Waals surface area contributed by atoms with Crippen LogP contribution in [0.25, 0.3) is 0 Å². The van der Waals surface area contributed by atoms with Crippen LogP contribution in [-0.2, 0) is 9.59 Å². The highest BCUT2D eigenvalue weighted by atomic mass is 16.4. The average molecular weight is 471 g/mol. The Morgan fingerprint density at radius 2 is 1.76 bits per heavy atom. The number of allylic oxidation sites excluding steroid dienone is 2. The van der Waals surface area contributed by atoms with Crippen molar-refractivity contribution >= 4 is 11.8 Å². The van der Waals surface area contributed by atoms with Crippen LogP contribution >= 0.6 is 0 Å². The maximum absolute atomic E-state index is 12.8. The predicted octanol–water partition coefficient (Wildman–Crippen LogP) is 6.72. The van der Waals surface area contributed by atoms with E-state index in [1.54, 1.807) is 12.5 Å². The van der Waals surface area contributed by atoms with E-state index in [0.717, 1.165) is 51.4 Å². The van der Waals surface area contributed by atoms with Crippen molar-refractivity contribution in [2.45, 2.75) is 112 Å². The molecule has 190 valence electrons. The van der Waals surface area contributed by atoms with E-state index in [1.165, 1.54) is 5.57 Å². The Labute approximate surface area is 206 Å². The number of carbonyl (C=O) groups excluding carboxylic acids is 1. The van der Waals surface area contributed by atoms with Gasteiger partial charge in [0, 0.05) is 22.8 Å². The summed E-state index contributed by atoms with van der Waals surface area (Å²) < 4.78 is 0.